The number of hydrogen-bond acceptors (Lipinski definition) is 5. The maximum absolute atomic E-state index is 12.9. The number of phenolic OH excluding ortho intramolecular Hbond substituents is 1. The van der Waals surface area contributed by atoms with Gasteiger partial charge in [0.15, 0.2) is 0 Å². The molecule has 0 fully saturated rings. The van der Waals surface area contributed by atoms with Crippen LogP contribution in [0.1, 0.15) is 5.56 Å². The lowest BCUT2D eigenvalue weighted by molar-refractivity contribution is 0.304. The first kappa shape index (κ1) is 18.9. The zero-order valence-corrected chi connectivity index (χ0v) is 16.3. The van der Waals surface area contributed by atoms with E-state index in [1.807, 2.05) is 18.2 Å². The molecule has 0 radical (unpaired) electrons. The number of benzene rings is 3. The quantitative estimate of drug-likeness (QED) is 0.478. The Morgan fingerprint density at radius 2 is 1.79 bits per heavy atom. The Bertz CT molecular complexity index is 1230. The molecule has 1 heterocycles. The van der Waals surface area contributed by atoms with E-state index < -0.39 is 0 Å². The van der Waals surface area contributed by atoms with Crippen molar-refractivity contribution in [1.82, 2.24) is 0 Å². The minimum atomic E-state index is -0.327. The van der Waals surface area contributed by atoms with Crippen LogP contribution in [0.15, 0.2) is 76.1 Å². The van der Waals surface area contributed by atoms with Crippen LogP contribution in [0, 0.1) is 0 Å². The molecule has 146 valence electrons. The van der Waals surface area contributed by atoms with Crippen LogP contribution in [0.5, 0.6) is 17.2 Å². The highest BCUT2D eigenvalue weighted by atomic mass is 35.5. The standard InChI is InChI=1S/C23H17ClO5/c1-27-16-8-6-14(7-9-16)18-13-29-21-11-17(10-20(25)22(21)23(18)26)28-12-15-4-2-3-5-19(15)24/h2-11,13,25H,12H2,1H3. The Balaban J connectivity index is 1.68. The lowest BCUT2D eigenvalue weighted by atomic mass is 10.0. The summed E-state index contributed by atoms with van der Waals surface area (Å²) in [6.07, 6.45) is 1.38. The fourth-order valence-corrected chi connectivity index (χ4v) is 3.23. The molecule has 1 N–H and O–H groups in total. The van der Waals surface area contributed by atoms with Crippen LogP contribution in [-0.2, 0) is 6.61 Å². The van der Waals surface area contributed by atoms with Crippen molar-refractivity contribution in [2.45, 2.75) is 6.61 Å². The van der Waals surface area contributed by atoms with E-state index in [2.05, 4.69) is 0 Å². The minimum Gasteiger partial charge on any atom is -0.507 e. The monoisotopic (exact) mass is 408 g/mol. The lowest BCUT2D eigenvalue weighted by Crippen LogP contribution is -2.05. The molecular formula is C23H17ClO5. The Morgan fingerprint density at radius 3 is 2.52 bits per heavy atom. The van der Waals surface area contributed by atoms with Gasteiger partial charge in [-0.2, -0.15) is 0 Å². The smallest absolute Gasteiger partial charge is 0.204 e. The molecule has 3 aromatic carbocycles. The second-order valence-corrected chi connectivity index (χ2v) is 6.81. The SMILES string of the molecule is COc1ccc(-c2coc3cc(OCc4ccccc4Cl)cc(O)c3c2=O)cc1. The number of ether oxygens (including phenoxy) is 2. The zero-order chi connectivity index (χ0) is 20.4. The van der Waals surface area contributed by atoms with Crippen LogP contribution in [-0.4, -0.2) is 12.2 Å². The van der Waals surface area contributed by atoms with Gasteiger partial charge < -0.3 is 19.0 Å². The van der Waals surface area contributed by atoms with Gasteiger partial charge in [0.1, 0.15) is 41.1 Å². The Hall–Kier alpha value is -3.44. The summed E-state index contributed by atoms with van der Waals surface area (Å²) in [5.41, 5.74) is 1.73. The van der Waals surface area contributed by atoms with Crippen LogP contribution < -0.4 is 14.9 Å². The number of fused-ring (bicyclic) bond motifs is 1. The summed E-state index contributed by atoms with van der Waals surface area (Å²) in [5.74, 6) is 0.845. The van der Waals surface area contributed by atoms with E-state index in [0.29, 0.717) is 27.6 Å². The molecule has 4 rings (SSSR count). The molecule has 0 saturated carbocycles. The van der Waals surface area contributed by atoms with E-state index in [1.165, 1.54) is 12.3 Å². The van der Waals surface area contributed by atoms with Gasteiger partial charge in [-0.05, 0) is 23.8 Å². The molecule has 0 spiro atoms. The fraction of sp³-hybridized carbons (Fsp3) is 0.0870. The topological polar surface area (TPSA) is 68.9 Å². The van der Waals surface area contributed by atoms with Crippen molar-refractivity contribution >= 4 is 22.6 Å². The van der Waals surface area contributed by atoms with Crippen LogP contribution in [0.4, 0.5) is 0 Å². The highest BCUT2D eigenvalue weighted by Crippen LogP contribution is 2.31. The van der Waals surface area contributed by atoms with Crippen LogP contribution >= 0.6 is 11.6 Å². The molecule has 1 aromatic heterocycles. The molecule has 0 aliphatic carbocycles. The second kappa shape index (κ2) is 7.89. The molecule has 0 saturated heterocycles. The molecule has 0 bridgehead atoms. The Labute approximate surface area is 171 Å². The molecular weight excluding hydrogens is 392 g/mol. The molecule has 4 aromatic rings. The molecule has 0 unspecified atom stereocenters. The minimum absolute atomic E-state index is 0.100. The van der Waals surface area contributed by atoms with E-state index in [0.717, 1.165) is 5.56 Å². The van der Waals surface area contributed by atoms with Gasteiger partial charge in [0, 0.05) is 22.7 Å². The molecule has 29 heavy (non-hydrogen) atoms. The first-order valence-electron chi connectivity index (χ1n) is 8.86. The molecule has 0 aliphatic rings. The summed E-state index contributed by atoms with van der Waals surface area (Å²) in [4.78, 5) is 12.9. The van der Waals surface area contributed by atoms with Crippen LogP contribution in [0.25, 0.3) is 22.1 Å². The van der Waals surface area contributed by atoms with E-state index in [4.69, 9.17) is 25.5 Å². The van der Waals surface area contributed by atoms with Gasteiger partial charge in [-0.25, -0.2) is 0 Å². The summed E-state index contributed by atoms with van der Waals surface area (Å²) in [6.45, 7) is 0.221. The lowest BCUT2D eigenvalue weighted by Gasteiger charge is -2.10. The van der Waals surface area contributed by atoms with Crippen molar-refractivity contribution in [3.8, 4) is 28.4 Å². The summed E-state index contributed by atoms with van der Waals surface area (Å²) in [5, 5.41) is 11.1. The highest BCUT2D eigenvalue weighted by molar-refractivity contribution is 6.31. The number of hydrogen-bond donors (Lipinski definition) is 1. The van der Waals surface area contributed by atoms with Gasteiger partial charge in [0.25, 0.3) is 0 Å². The first-order valence-corrected chi connectivity index (χ1v) is 9.24. The van der Waals surface area contributed by atoms with Gasteiger partial charge in [-0.15, -0.1) is 0 Å². The van der Waals surface area contributed by atoms with Crippen molar-refractivity contribution in [1.29, 1.82) is 0 Å². The number of phenols is 1. The largest absolute Gasteiger partial charge is 0.507 e. The number of halogens is 1. The summed E-state index contributed by atoms with van der Waals surface area (Å²) < 4.78 is 16.5. The Kier molecular flexibility index (Phi) is 5.14. The third kappa shape index (κ3) is 3.77. The second-order valence-electron chi connectivity index (χ2n) is 6.40. The van der Waals surface area contributed by atoms with Crippen molar-refractivity contribution < 1.29 is 19.0 Å². The van der Waals surface area contributed by atoms with Gasteiger partial charge in [0.2, 0.25) is 5.43 Å². The van der Waals surface area contributed by atoms with Gasteiger partial charge >= 0.3 is 0 Å². The Morgan fingerprint density at radius 1 is 1.03 bits per heavy atom. The van der Waals surface area contributed by atoms with Crippen molar-refractivity contribution in [2.75, 3.05) is 7.11 Å². The van der Waals surface area contributed by atoms with E-state index in [-0.39, 0.29) is 28.8 Å². The maximum Gasteiger partial charge on any atom is 0.204 e. The number of rotatable bonds is 5. The van der Waals surface area contributed by atoms with Crippen molar-refractivity contribution in [2.24, 2.45) is 0 Å². The summed E-state index contributed by atoms with van der Waals surface area (Å²) >= 11 is 6.14. The first-order chi connectivity index (χ1) is 14.1. The van der Waals surface area contributed by atoms with E-state index >= 15 is 0 Å². The van der Waals surface area contributed by atoms with Gasteiger partial charge in [-0.3, -0.25) is 4.79 Å². The number of methoxy groups -OCH3 is 1. The zero-order valence-electron chi connectivity index (χ0n) is 15.5. The average molecular weight is 409 g/mol. The predicted molar refractivity (Wildman–Crippen MR) is 112 cm³/mol. The predicted octanol–water partition coefficient (Wildman–Crippen LogP) is 5.41. The molecule has 0 amide bonds. The van der Waals surface area contributed by atoms with Crippen LogP contribution in [0.3, 0.4) is 0 Å². The summed E-state index contributed by atoms with van der Waals surface area (Å²) in [7, 11) is 1.57. The third-order valence-electron chi connectivity index (χ3n) is 4.58. The van der Waals surface area contributed by atoms with Crippen molar-refractivity contribution in [3.63, 3.8) is 0 Å². The molecule has 0 atom stereocenters. The average Bonchev–Trinajstić information content (AvgIpc) is 2.73. The molecule has 0 aliphatic heterocycles. The maximum atomic E-state index is 12.9. The van der Waals surface area contributed by atoms with Gasteiger partial charge in [-0.1, -0.05) is 41.9 Å². The molecule has 5 nitrogen and oxygen atoms in total. The van der Waals surface area contributed by atoms with E-state index in [9.17, 15) is 9.90 Å². The van der Waals surface area contributed by atoms with Crippen LogP contribution in [0.2, 0.25) is 5.02 Å². The van der Waals surface area contributed by atoms with Gasteiger partial charge in [0.05, 0.1) is 12.7 Å². The fourth-order valence-electron chi connectivity index (χ4n) is 3.04. The molecule has 6 heteroatoms. The van der Waals surface area contributed by atoms with E-state index in [1.54, 1.807) is 43.5 Å². The highest BCUT2D eigenvalue weighted by Gasteiger charge is 2.15. The van der Waals surface area contributed by atoms with Crippen molar-refractivity contribution in [3.05, 3.63) is 87.7 Å². The summed E-state index contributed by atoms with van der Waals surface area (Å²) in [6, 6.07) is 17.3. The normalized spacial score (nSPS) is 10.8. The third-order valence-corrected chi connectivity index (χ3v) is 4.95. The number of aromatic hydroxyl groups is 1.